The molecule has 1 saturated heterocycles. The van der Waals surface area contributed by atoms with E-state index < -0.39 is 0 Å². The molecule has 2 rings (SSSR count). The highest BCUT2D eigenvalue weighted by molar-refractivity contribution is 5.79. The average Bonchev–Trinajstić information content (AvgIpc) is 3.11. The standard InChI is InChI=1S/C18H29N3O3/c1-19-18(21(2)12-14-8-10-24-13-14)20-9-7-15-11-16(22-3)5-6-17(15)23-4/h5-6,11,14H,7-10,12-13H2,1-4H3,(H,19,20). The summed E-state index contributed by atoms with van der Waals surface area (Å²) in [7, 11) is 7.25. The minimum atomic E-state index is 0.590. The van der Waals surface area contributed by atoms with E-state index in [1.54, 1.807) is 14.2 Å². The van der Waals surface area contributed by atoms with Gasteiger partial charge in [0, 0.05) is 39.7 Å². The van der Waals surface area contributed by atoms with Gasteiger partial charge in [-0.15, -0.1) is 0 Å². The number of ether oxygens (including phenoxy) is 3. The van der Waals surface area contributed by atoms with Crippen LogP contribution in [-0.4, -0.2) is 65.5 Å². The number of benzene rings is 1. The second kappa shape index (κ2) is 9.37. The molecule has 0 radical (unpaired) electrons. The molecule has 0 saturated carbocycles. The Morgan fingerprint density at radius 2 is 2.21 bits per heavy atom. The maximum absolute atomic E-state index is 5.44. The number of aliphatic imine (C=N–C) groups is 1. The van der Waals surface area contributed by atoms with Crippen LogP contribution in [-0.2, 0) is 11.2 Å². The van der Waals surface area contributed by atoms with E-state index in [4.69, 9.17) is 14.2 Å². The normalized spacial score (nSPS) is 17.7. The van der Waals surface area contributed by atoms with Crippen molar-refractivity contribution in [1.82, 2.24) is 10.2 Å². The van der Waals surface area contributed by atoms with Crippen molar-refractivity contribution in [3.05, 3.63) is 23.8 Å². The minimum absolute atomic E-state index is 0.590. The van der Waals surface area contributed by atoms with E-state index in [-0.39, 0.29) is 0 Å². The lowest BCUT2D eigenvalue weighted by Crippen LogP contribution is -2.42. The van der Waals surface area contributed by atoms with Crippen LogP contribution in [0.15, 0.2) is 23.2 Å². The molecule has 1 unspecified atom stereocenters. The summed E-state index contributed by atoms with van der Waals surface area (Å²) < 4.78 is 16.2. The molecule has 0 aliphatic carbocycles. The molecule has 1 heterocycles. The maximum Gasteiger partial charge on any atom is 0.193 e. The molecule has 1 N–H and O–H groups in total. The van der Waals surface area contributed by atoms with Gasteiger partial charge in [-0.2, -0.15) is 0 Å². The first-order valence-corrected chi connectivity index (χ1v) is 8.38. The largest absolute Gasteiger partial charge is 0.497 e. The van der Waals surface area contributed by atoms with E-state index >= 15 is 0 Å². The van der Waals surface area contributed by atoms with Crippen molar-refractivity contribution in [3.63, 3.8) is 0 Å². The molecule has 1 fully saturated rings. The SMILES string of the molecule is CN=C(NCCc1cc(OC)ccc1OC)N(C)CC1CCOC1. The summed E-state index contributed by atoms with van der Waals surface area (Å²) in [6.07, 6.45) is 1.96. The smallest absolute Gasteiger partial charge is 0.193 e. The molecule has 0 aromatic heterocycles. The van der Waals surface area contributed by atoms with E-state index in [1.165, 1.54) is 0 Å². The molecular formula is C18H29N3O3. The van der Waals surface area contributed by atoms with E-state index in [0.29, 0.717) is 5.92 Å². The van der Waals surface area contributed by atoms with Crippen LogP contribution in [0.4, 0.5) is 0 Å². The maximum atomic E-state index is 5.44. The highest BCUT2D eigenvalue weighted by Crippen LogP contribution is 2.24. The zero-order valence-corrected chi connectivity index (χ0v) is 15.2. The molecule has 1 aliphatic heterocycles. The lowest BCUT2D eigenvalue weighted by Gasteiger charge is -2.24. The van der Waals surface area contributed by atoms with Gasteiger partial charge in [0.1, 0.15) is 11.5 Å². The molecule has 0 amide bonds. The van der Waals surface area contributed by atoms with Crippen LogP contribution < -0.4 is 14.8 Å². The van der Waals surface area contributed by atoms with E-state index in [9.17, 15) is 0 Å². The Hall–Kier alpha value is -1.95. The lowest BCUT2D eigenvalue weighted by atomic mass is 10.1. The molecule has 0 bridgehead atoms. The topological polar surface area (TPSA) is 55.3 Å². The summed E-state index contributed by atoms with van der Waals surface area (Å²) in [5.74, 6) is 3.22. The van der Waals surface area contributed by atoms with E-state index in [2.05, 4.69) is 22.3 Å². The molecule has 24 heavy (non-hydrogen) atoms. The molecule has 1 aliphatic rings. The second-order valence-electron chi connectivity index (χ2n) is 6.01. The predicted molar refractivity (Wildman–Crippen MR) is 96.2 cm³/mol. The number of rotatable bonds is 7. The molecule has 6 heteroatoms. The average molecular weight is 335 g/mol. The second-order valence-corrected chi connectivity index (χ2v) is 6.01. The fourth-order valence-corrected chi connectivity index (χ4v) is 2.97. The van der Waals surface area contributed by atoms with Crippen LogP contribution in [0.2, 0.25) is 0 Å². The zero-order valence-electron chi connectivity index (χ0n) is 15.2. The van der Waals surface area contributed by atoms with Gasteiger partial charge in [-0.05, 0) is 36.6 Å². The van der Waals surface area contributed by atoms with Crippen molar-refractivity contribution >= 4 is 5.96 Å². The zero-order chi connectivity index (χ0) is 17.4. The van der Waals surface area contributed by atoms with Crippen molar-refractivity contribution in [2.75, 3.05) is 54.6 Å². The van der Waals surface area contributed by atoms with Gasteiger partial charge in [0.05, 0.1) is 20.8 Å². The minimum Gasteiger partial charge on any atom is -0.497 e. The number of nitrogens with zero attached hydrogens (tertiary/aromatic N) is 2. The van der Waals surface area contributed by atoms with Crippen LogP contribution in [0.5, 0.6) is 11.5 Å². The Balaban J connectivity index is 1.87. The monoisotopic (exact) mass is 335 g/mol. The number of methoxy groups -OCH3 is 2. The molecule has 134 valence electrons. The first kappa shape index (κ1) is 18.4. The summed E-state index contributed by atoms with van der Waals surface area (Å²) >= 11 is 0. The molecule has 1 atom stereocenters. The van der Waals surface area contributed by atoms with Gasteiger partial charge in [0.25, 0.3) is 0 Å². The van der Waals surface area contributed by atoms with Gasteiger partial charge < -0.3 is 24.4 Å². The number of nitrogens with one attached hydrogen (secondary N) is 1. The number of guanidine groups is 1. The van der Waals surface area contributed by atoms with E-state index in [0.717, 1.165) is 62.2 Å². The Labute approximate surface area is 144 Å². The fourth-order valence-electron chi connectivity index (χ4n) is 2.97. The van der Waals surface area contributed by atoms with Crippen LogP contribution in [0.3, 0.4) is 0 Å². The first-order chi connectivity index (χ1) is 11.7. The van der Waals surface area contributed by atoms with Crippen molar-refractivity contribution in [1.29, 1.82) is 0 Å². The highest BCUT2D eigenvalue weighted by atomic mass is 16.5. The van der Waals surface area contributed by atoms with Gasteiger partial charge in [-0.25, -0.2) is 0 Å². The van der Waals surface area contributed by atoms with Crippen molar-refractivity contribution in [2.45, 2.75) is 12.8 Å². The van der Waals surface area contributed by atoms with Crippen LogP contribution >= 0.6 is 0 Å². The molecule has 0 spiro atoms. The van der Waals surface area contributed by atoms with Crippen molar-refractivity contribution < 1.29 is 14.2 Å². The summed E-state index contributed by atoms with van der Waals surface area (Å²) in [5.41, 5.74) is 1.12. The Morgan fingerprint density at radius 3 is 2.83 bits per heavy atom. The summed E-state index contributed by atoms with van der Waals surface area (Å²) in [6, 6.07) is 5.87. The molecule has 6 nitrogen and oxygen atoms in total. The van der Waals surface area contributed by atoms with Crippen LogP contribution in [0.1, 0.15) is 12.0 Å². The lowest BCUT2D eigenvalue weighted by molar-refractivity contribution is 0.181. The Kier molecular flexibility index (Phi) is 7.18. The highest BCUT2D eigenvalue weighted by Gasteiger charge is 2.19. The van der Waals surface area contributed by atoms with Gasteiger partial charge in [-0.1, -0.05) is 0 Å². The summed E-state index contributed by atoms with van der Waals surface area (Å²) in [5, 5.41) is 3.42. The Morgan fingerprint density at radius 1 is 1.38 bits per heavy atom. The van der Waals surface area contributed by atoms with Crippen LogP contribution in [0.25, 0.3) is 0 Å². The third-order valence-electron chi connectivity index (χ3n) is 4.29. The van der Waals surface area contributed by atoms with Gasteiger partial charge >= 0.3 is 0 Å². The molecular weight excluding hydrogens is 306 g/mol. The molecule has 1 aromatic carbocycles. The van der Waals surface area contributed by atoms with Gasteiger partial charge in [-0.3, -0.25) is 4.99 Å². The van der Waals surface area contributed by atoms with Crippen molar-refractivity contribution in [2.24, 2.45) is 10.9 Å². The van der Waals surface area contributed by atoms with Crippen molar-refractivity contribution in [3.8, 4) is 11.5 Å². The Bertz CT molecular complexity index is 542. The number of hydrogen-bond acceptors (Lipinski definition) is 4. The third kappa shape index (κ3) is 5.03. The number of hydrogen-bond donors (Lipinski definition) is 1. The first-order valence-electron chi connectivity index (χ1n) is 8.38. The predicted octanol–water partition coefficient (Wildman–Crippen LogP) is 1.79. The quantitative estimate of drug-likeness (QED) is 0.608. The summed E-state index contributed by atoms with van der Waals surface area (Å²) in [6.45, 7) is 3.46. The fraction of sp³-hybridized carbons (Fsp3) is 0.611. The van der Waals surface area contributed by atoms with Crippen LogP contribution in [0, 0.1) is 5.92 Å². The van der Waals surface area contributed by atoms with Gasteiger partial charge in [0.15, 0.2) is 5.96 Å². The van der Waals surface area contributed by atoms with E-state index in [1.807, 2.05) is 25.2 Å². The third-order valence-corrected chi connectivity index (χ3v) is 4.29. The summed E-state index contributed by atoms with van der Waals surface area (Å²) in [4.78, 5) is 6.54. The van der Waals surface area contributed by atoms with Gasteiger partial charge in [0.2, 0.25) is 0 Å². The molecule has 1 aromatic rings.